The molecule has 1 aromatic heterocycles. The Bertz CT molecular complexity index is 535. The smallest absolute Gasteiger partial charge is 0.276 e. The van der Waals surface area contributed by atoms with Gasteiger partial charge in [-0.25, -0.2) is 15.1 Å². The normalized spacial score (nSPS) is 18.3. The van der Waals surface area contributed by atoms with E-state index in [1.165, 1.54) is 0 Å². The molecule has 1 aliphatic rings. The molecule has 0 unspecified atom stereocenters. The quantitative estimate of drug-likeness (QED) is 0.473. The zero-order chi connectivity index (χ0) is 15.4. The van der Waals surface area contributed by atoms with E-state index in [-0.39, 0.29) is 0 Å². The molecule has 0 amide bonds. The van der Waals surface area contributed by atoms with Gasteiger partial charge >= 0.3 is 0 Å². The zero-order valence-electron chi connectivity index (χ0n) is 11.9. The van der Waals surface area contributed by atoms with Crippen LogP contribution in [-0.4, -0.2) is 57.6 Å². The molecule has 0 aromatic carbocycles. The zero-order valence-corrected chi connectivity index (χ0v) is 12.7. The number of pyridine rings is 1. The van der Waals surface area contributed by atoms with E-state index in [0.717, 1.165) is 5.56 Å². The minimum Gasteiger partial charge on any atom is -0.325 e. The van der Waals surface area contributed by atoms with Crippen LogP contribution in [0.25, 0.3) is 0 Å². The molecular formula is C12H17ClN6O2. The van der Waals surface area contributed by atoms with Gasteiger partial charge in [0.25, 0.3) is 5.96 Å². The first-order chi connectivity index (χ1) is 9.99. The largest absolute Gasteiger partial charge is 0.325 e. The number of guanidine groups is 1. The van der Waals surface area contributed by atoms with E-state index >= 15 is 0 Å². The second kappa shape index (κ2) is 6.68. The monoisotopic (exact) mass is 312 g/mol. The van der Waals surface area contributed by atoms with Gasteiger partial charge in [-0.05, 0) is 25.6 Å². The molecule has 0 N–H and O–H groups in total. The summed E-state index contributed by atoms with van der Waals surface area (Å²) in [5.41, 5.74) is 0.918. The number of nitro groups is 1. The average Bonchev–Trinajstić information content (AvgIpc) is 2.43. The molecular weight excluding hydrogens is 296 g/mol. The summed E-state index contributed by atoms with van der Waals surface area (Å²) in [4.78, 5) is 20.6. The molecule has 0 radical (unpaired) electrons. The first-order valence-electron chi connectivity index (χ1n) is 6.51. The Balaban J connectivity index is 2.23. The Morgan fingerprint density at radius 1 is 1.43 bits per heavy atom. The third kappa shape index (κ3) is 4.02. The lowest BCUT2D eigenvalue weighted by Crippen LogP contribution is -2.57. The molecule has 1 saturated heterocycles. The maximum atomic E-state index is 10.8. The molecule has 0 atom stereocenters. The highest BCUT2D eigenvalue weighted by Gasteiger charge is 2.28. The van der Waals surface area contributed by atoms with Crippen LogP contribution in [-0.2, 0) is 6.54 Å². The second-order valence-corrected chi connectivity index (χ2v) is 5.21. The maximum absolute atomic E-state index is 10.8. The van der Waals surface area contributed by atoms with Gasteiger partial charge in [0, 0.05) is 19.3 Å². The van der Waals surface area contributed by atoms with Crippen molar-refractivity contribution < 1.29 is 5.03 Å². The average molecular weight is 313 g/mol. The molecule has 9 heteroatoms. The third-order valence-corrected chi connectivity index (χ3v) is 3.33. The molecule has 8 nitrogen and oxygen atoms in total. The fourth-order valence-corrected chi connectivity index (χ4v) is 2.35. The van der Waals surface area contributed by atoms with Gasteiger partial charge in [-0.1, -0.05) is 17.7 Å². The molecule has 0 bridgehead atoms. The fourth-order valence-electron chi connectivity index (χ4n) is 2.24. The van der Waals surface area contributed by atoms with Crippen molar-refractivity contribution in [3.05, 3.63) is 39.2 Å². The van der Waals surface area contributed by atoms with Crippen molar-refractivity contribution in [2.45, 2.75) is 13.5 Å². The van der Waals surface area contributed by atoms with Gasteiger partial charge in [-0.2, -0.15) is 0 Å². The number of halogens is 1. The SMILES string of the molecule is CCN1CN(C)CN(Cc2ccc(Cl)nc2)/C1=N/[N+](=O)[O-]. The first kappa shape index (κ1) is 15.5. The van der Waals surface area contributed by atoms with Gasteiger partial charge < -0.3 is 9.80 Å². The third-order valence-electron chi connectivity index (χ3n) is 3.10. The summed E-state index contributed by atoms with van der Waals surface area (Å²) < 4.78 is 0. The van der Waals surface area contributed by atoms with E-state index < -0.39 is 5.03 Å². The maximum Gasteiger partial charge on any atom is 0.276 e. The lowest BCUT2D eigenvalue weighted by Gasteiger charge is -2.41. The fraction of sp³-hybridized carbons (Fsp3) is 0.500. The van der Waals surface area contributed by atoms with Crippen LogP contribution < -0.4 is 0 Å². The molecule has 1 aromatic rings. The molecule has 0 aliphatic carbocycles. The van der Waals surface area contributed by atoms with Crippen molar-refractivity contribution >= 4 is 17.6 Å². The molecule has 1 aliphatic heterocycles. The van der Waals surface area contributed by atoms with Crippen molar-refractivity contribution in [1.82, 2.24) is 19.7 Å². The van der Waals surface area contributed by atoms with Crippen molar-refractivity contribution in [1.29, 1.82) is 0 Å². The standard InChI is InChI=1S/C12H17ClN6O2/c1-3-17-8-16(2)9-18(12(17)15-19(20)21)7-10-4-5-11(13)14-6-10/h4-6H,3,7-9H2,1-2H3/b15-12+. The number of aromatic nitrogens is 1. The van der Waals surface area contributed by atoms with Gasteiger partial charge in [0.05, 0.1) is 13.3 Å². The Morgan fingerprint density at radius 3 is 2.71 bits per heavy atom. The number of hydrazone groups is 1. The van der Waals surface area contributed by atoms with Crippen molar-refractivity contribution in [2.24, 2.45) is 5.10 Å². The van der Waals surface area contributed by atoms with E-state index in [2.05, 4.69) is 15.0 Å². The van der Waals surface area contributed by atoms with Crippen LogP contribution in [0.4, 0.5) is 0 Å². The highest BCUT2D eigenvalue weighted by molar-refractivity contribution is 6.29. The number of hydrogen-bond donors (Lipinski definition) is 0. The summed E-state index contributed by atoms with van der Waals surface area (Å²) in [5, 5.41) is 14.1. The highest BCUT2D eigenvalue weighted by atomic mass is 35.5. The summed E-state index contributed by atoms with van der Waals surface area (Å²) in [6.45, 7) is 4.24. The van der Waals surface area contributed by atoms with E-state index in [1.54, 1.807) is 12.3 Å². The predicted octanol–water partition coefficient (Wildman–Crippen LogP) is 1.27. The molecule has 2 rings (SSSR count). The predicted molar refractivity (Wildman–Crippen MR) is 79.1 cm³/mol. The molecule has 2 heterocycles. The molecule has 114 valence electrons. The summed E-state index contributed by atoms with van der Waals surface area (Å²) in [5.74, 6) is 0.371. The van der Waals surface area contributed by atoms with Crippen LogP contribution in [0.15, 0.2) is 23.4 Å². The first-order valence-corrected chi connectivity index (χ1v) is 6.89. The van der Waals surface area contributed by atoms with Gasteiger partial charge in [-0.15, -0.1) is 0 Å². The topological polar surface area (TPSA) is 78.1 Å². The van der Waals surface area contributed by atoms with E-state index in [0.29, 0.717) is 37.5 Å². The van der Waals surface area contributed by atoms with Crippen molar-refractivity contribution in [3.8, 4) is 0 Å². The highest BCUT2D eigenvalue weighted by Crippen LogP contribution is 2.14. The van der Waals surface area contributed by atoms with Gasteiger partial charge in [-0.3, -0.25) is 4.90 Å². The minimum atomic E-state index is -0.656. The van der Waals surface area contributed by atoms with Crippen LogP contribution >= 0.6 is 11.6 Å². The van der Waals surface area contributed by atoms with Crippen LogP contribution in [0.2, 0.25) is 5.15 Å². The van der Waals surface area contributed by atoms with E-state index in [9.17, 15) is 10.1 Å². The number of rotatable bonds is 4. The Kier molecular flexibility index (Phi) is 4.92. The van der Waals surface area contributed by atoms with Crippen LogP contribution in [0.3, 0.4) is 0 Å². The Hall–Kier alpha value is -1.93. The van der Waals surface area contributed by atoms with Crippen molar-refractivity contribution in [2.75, 3.05) is 26.9 Å². The number of hydrogen-bond acceptors (Lipinski definition) is 4. The van der Waals surface area contributed by atoms with E-state index in [4.69, 9.17) is 11.6 Å². The van der Waals surface area contributed by atoms with Crippen LogP contribution in [0.1, 0.15) is 12.5 Å². The van der Waals surface area contributed by atoms with Crippen LogP contribution in [0.5, 0.6) is 0 Å². The summed E-state index contributed by atoms with van der Waals surface area (Å²) in [7, 11) is 1.96. The van der Waals surface area contributed by atoms with Crippen molar-refractivity contribution in [3.63, 3.8) is 0 Å². The summed E-state index contributed by atoms with van der Waals surface area (Å²) in [6, 6.07) is 3.55. The summed E-state index contributed by atoms with van der Waals surface area (Å²) >= 11 is 5.77. The Labute approximate surface area is 127 Å². The van der Waals surface area contributed by atoms with E-state index in [1.807, 2.05) is 29.8 Å². The van der Waals surface area contributed by atoms with Gasteiger partial charge in [0.15, 0.2) is 5.03 Å². The minimum absolute atomic E-state index is 0.371. The Morgan fingerprint density at radius 2 is 2.14 bits per heavy atom. The van der Waals surface area contributed by atoms with Gasteiger partial charge in [0.2, 0.25) is 0 Å². The molecule has 21 heavy (non-hydrogen) atoms. The molecule has 0 saturated carbocycles. The van der Waals surface area contributed by atoms with Crippen LogP contribution in [0, 0.1) is 10.1 Å². The lowest BCUT2D eigenvalue weighted by molar-refractivity contribution is -0.486. The van der Waals surface area contributed by atoms with Gasteiger partial charge in [0.1, 0.15) is 10.3 Å². The summed E-state index contributed by atoms with van der Waals surface area (Å²) in [6.07, 6.45) is 1.66. The molecule has 1 fully saturated rings. The molecule has 0 spiro atoms. The number of nitrogens with zero attached hydrogens (tertiary/aromatic N) is 6. The lowest BCUT2D eigenvalue weighted by atomic mass is 10.2. The second-order valence-electron chi connectivity index (χ2n) is 4.82.